The molecule has 0 fully saturated rings. The van der Waals surface area contributed by atoms with Gasteiger partial charge in [0, 0.05) is 18.1 Å². The van der Waals surface area contributed by atoms with E-state index >= 15 is 0 Å². The van der Waals surface area contributed by atoms with Crippen LogP contribution in [0.25, 0.3) is 0 Å². The number of aryl methyl sites for hydroxylation is 1. The molecule has 0 spiro atoms. The molecule has 2 heterocycles. The molecule has 2 aromatic heterocycles. The Hall–Kier alpha value is -1.49. The standard InChI is InChI=1S/C10H8BrN3O/c1-7-3-4-8(9(11)14-7)15-10-12-5-2-6-13-10/h2-6H,1H3. The van der Waals surface area contributed by atoms with Gasteiger partial charge in [0.25, 0.3) is 0 Å². The predicted octanol–water partition coefficient (Wildman–Crippen LogP) is 2.73. The van der Waals surface area contributed by atoms with Crippen molar-refractivity contribution in [3.63, 3.8) is 0 Å². The zero-order valence-electron chi connectivity index (χ0n) is 8.01. The van der Waals surface area contributed by atoms with Crippen LogP contribution in [0, 0.1) is 6.92 Å². The van der Waals surface area contributed by atoms with Crippen LogP contribution < -0.4 is 4.74 Å². The van der Waals surface area contributed by atoms with Crippen molar-refractivity contribution in [3.05, 3.63) is 40.9 Å². The lowest BCUT2D eigenvalue weighted by Gasteiger charge is -2.04. The molecule has 0 aliphatic heterocycles. The van der Waals surface area contributed by atoms with Gasteiger partial charge in [0.2, 0.25) is 0 Å². The topological polar surface area (TPSA) is 47.9 Å². The lowest BCUT2D eigenvalue weighted by Crippen LogP contribution is -1.93. The van der Waals surface area contributed by atoms with Crippen LogP contribution in [0.4, 0.5) is 0 Å². The summed E-state index contributed by atoms with van der Waals surface area (Å²) in [4.78, 5) is 12.1. The number of halogens is 1. The van der Waals surface area contributed by atoms with E-state index in [-0.39, 0.29) is 0 Å². The van der Waals surface area contributed by atoms with Crippen molar-refractivity contribution < 1.29 is 4.74 Å². The van der Waals surface area contributed by atoms with Crippen LogP contribution in [-0.4, -0.2) is 15.0 Å². The fourth-order valence-electron chi connectivity index (χ4n) is 1.02. The molecule has 0 unspecified atom stereocenters. The molecule has 0 atom stereocenters. The maximum atomic E-state index is 5.43. The lowest BCUT2D eigenvalue weighted by molar-refractivity contribution is 0.436. The molecule has 0 radical (unpaired) electrons. The van der Waals surface area contributed by atoms with Gasteiger partial charge >= 0.3 is 6.01 Å². The Morgan fingerprint density at radius 1 is 1.20 bits per heavy atom. The summed E-state index contributed by atoms with van der Waals surface area (Å²) >= 11 is 3.31. The van der Waals surface area contributed by atoms with E-state index in [0.717, 1.165) is 5.69 Å². The fraction of sp³-hybridized carbons (Fsp3) is 0.100. The highest BCUT2D eigenvalue weighted by Gasteiger charge is 2.05. The second kappa shape index (κ2) is 4.35. The van der Waals surface area contributed by atoms with Crippen molar-refractivity contribution in [2.24, 2.45) is 0 Å². The highest BCUT2D eigenvalue weighted by atomic mass is 79.9. The third-order valence-corrected chi connectivity index (χ3v) is 2.27. The van der Waals surface area contributed by atoms with Gasteiger partial charge in [-0.3, -0.25) is 0 Å². The van der Waals surface area contributed by atoms with Gasteiger partial charge in [0.1, 0.15) is 4.60 Å². The molecule has 5 heteroatoms. The van der Waals surface area contributed by atoms with Crippen molar-refractivity contribution in [3.8, 4) is 11.8 Å². The number of aromatic nitrogens is 3. The molecule has 0 bridgehead atoms. The van der Waals surface area contributed by atoms with Gasteiger partial charge in [-0.25, -0.2) is 15.0 Å². The summed E-state index contributed by atoms with van der Waals surface area (Å²) in [5, 5.41) is 0. The molecule has 0 aliphatic carbocycles. The van der Waals surface area contributed by atoms with E-state index in [2.05, 4.69) is 30.9 Å². The zero-order chi connectivity index (χ0) is 10.7. The van der Waals surface area contributed by atoms with Gasteiger partial charge in [0.05, 0.1) is 0 Å². The Labute approximate surface area is 95.5 Å². The van der Waals surface area contributed by atoms with Crippen LogP contribution >= 0.6 is 15.9 Å². The van der Waals surface area contributed by atoms with Crippen LogP contribution in [0.3, 0.4) is 0 Å². The number of hydrogen-bond donors (Lipinski definition) is 0. The second-order valence-electron chi connectivity index (χ2n) is 2.88. The van der Waals surface area contributed by atoms with E-state index in [4.69, 9.17) is 4.74 Å². The molecule has 2 aromatic rings. The SMILES string of the molecule is Cc1ccc(Oc2ncccn2)c(Br)n1. The summed E-state index contributed by atoms with van der Waals surface area (Å²) < 4.78 is 6.08. The molecule has 4 nitrogen and oxygen atoms in total. The zero-order valence-corrected chi connectivity index (χ0v) is 9.60. The maximum absolute atomic E-state index is 5.43. The normalized spacial score (nSPS) is 10.0. The Kier molecular flexibility index (Phi) is 2.91. The Morgan fingerprint density at radius 2 is 1.93 bits per heavy atom. The summed E-state index contributed by atoms with van der Waals surface area (Å²) in [7, 11) is 0. The van der Waals surface area contributed by atoms with Gasteiger partial charge in [-0.1, -0.05) is 0 Å². The Morgan fingerprint density at radius 3 is 2.60 bits per heavy atom. The molecule has 2 rings (SSSR count). The highest BCUT2D eigenvalue weighted by Crippen LogP contribution is 2.25. The predicted molar refractivity (Wildman–Crippen MR) is 58.8 cm³/mol. The molecular formula is C10H8BrN3O. The van der Waals surface area contributed by atoms with E-state index in [1.54, 1.807) is 18.5 Å². The minimum absolute atomic E-state index is 0.309. The number of hydrogen-bond acceptors (Lipinski definition) is 4. The number of nitrogens with zero attached hydrogens (tertiary/aromatic N) is 3. The van der Waals surface area contributed by atoms with Crippen LogP contribution in [0.15, 0.2) is 35.2 Å². The highest BCUT2D eigenvalue weighted by molar-refractivity contribution is 9.10. The summed E-state index contributed by atoms with van der Waals surface area (Å²) in [6.45, 7) is 1.91. The average molecular weight is 266 g/mol. The summed E-state index contributed by atoms with van der Waals surface area (Å²) in [5.74, 6) is 0.604. The molecule has 0 aromatic carbocycles. The minimum atomic E-state index is 0.309. The molecule has 0 saturated carbocycles. The minimum Gasteiger partial charge on any atom is -0.421 e. The summed E-state index contributed by atoms with van der Waals surface area (Å²) in [6.07, 6.45) is 3.25. The van der Waals surface area contributed by atoms with Crippen molar-refractivity contribution >= 4 is 15.9 Å². The molecule has 0 N–H and O–H groups in total. The third kappa shape index (κ3) is 2.50. The monoisotopic (exact) mass is 265 g/mol. The van der Waals surface area contributed by atoms with Gasteiger partial charge in [-0.2, -0.15) is 0 Å². The van der Waals surface area contributed by atoms with Crippen molar-refractivity contribution in [1.82, 2.24) is 15.0 Å². The first-order valence-corrected chi connectivity index (χ1v) is 5.13. The molecule has 0 saturated heterocycles. The van der Waals surface area contributed by atoms with E-state index in [1.165, 1.54) is 0 Å². The van der Waals surface area contributed by atoms with Crippen molar-refractivity contribution in [1.29, 1.82) is 0 Å². The average Bonchev–Trinajstić information content (AvgIpc) is 2.24. The van der Waals surface area contributed by atoms with Crippen LogP contribution in [0.2, 0.25) is 0 Å². The number of pyridine rings is 1. The Balaban J connectivity index is 2.25. The first kappa shape index (κ1) is 10.0. The molecule has 76 valence electrons. The van der Waals surface area contributed by atoms with Gasteiger partial charge in [-0.15, -0.1) is 0 Å². The third-order valence-electron chi connectivity index (χ3n) is 1.70. The van der Waals surface area contributed by atoms with Gasteiger partial charge in [0.15, 0.2) is 5.75 Å². The number of rotatable bonds is 2. The van der Waals surface area contributed by atoms with Gasteiger partial charge in [-0.05, 0) is 41.1 Å². The Bertz CT molecular complexity index is 461. The number of ether oxygens (including phenoxy) is 1. The largest absolute Gasteiger partial charge is 0.421 e. The fourth-order valence-corrected chi connectivity index (χ4v) is 1.52. The lowest BCUT2D eigenvalue weighted by atomic mass is 10.4. The first-order valence-electron chi connectivity index (χ1n) is 4.34. The summed E-state index contributed by atoms with van der Waals surface area (Å²) in [5.41, 5.74) is 0.920. The molecule has 0 aliphatic rings. The van der Waals surface area contributed by atoms with Crippen LogP contribution in [-0.2, 0) is 0 Å². The van der Waals surface area contributed by atoms with Crippen molar-refractivity contribution in [2.75, 3.05) is 0 Å². The van der Waals surface area contributed by atoms with E-state index < -0.39 is 0 Å². The molecule has 15 heavy (non-hydrogen) atoms. The van der Waals surface area contributed by atoms with Gasteiger partial charge < -0.3 is 4.74 Å². The maximum Gasteiger partial charge on any atom is 0.321 e. The van der Waals surface area contributed by atoms with E-state index in [0.29, 0.717) is 16.4 Å². The van der Waals surface area contributed by atoms with Crippen LogP contribution in [0.5, 0.6) is 11.8 Å². The van der Waals surface area contributed by atoms with Crippen molar-refractivity contribution in [2.45, 2.75) is 6.92 Å². The first-order chi connectivity index (χ1) is 7.25. The van der Waals surface area contributed by atoms with E-state index in [9.17, 15) is 0 Å². The smallest absolute Gasteiger partial charge is 0.321 e. The van der Waals surface area contributed by atoms with Crippen LogP contribution in [0.1, 0.15) is 5.69 Å². The molecule has 0 amide bonds. The van der Waals surface area contributed by atoms with E-state index in [1.807, 2.05) is 19.1 Å². The summed E-state index contributed by atoms with van der Waals surface area (Å²) in [6, 6.07) is 5.73. The quantitative estimate of drug-likeness (QED) is 0.784. The molecular weight excluding hydrogens is 258 g/mol. The second-order valence-corrected chi connectivity index (χ2v) is 3.63.